The van der Waals surface area contributed by atoms with E-state index in [2.05, 4.69) is 5.32 Å². The normalized spacial score (nSPS) is 15.9. The predicted octanol–water partition coefficient (Wildman–Crippen LogP) is 2.51. The highest BCUT2D eigenvalue weighted by atomic mass is 32.2. The molecule has 3 rings (SSSR count). The van der Waals surface area contributed by atoms with Gasteiger partial charge in [0.25, 0.3) is 11.4 Å². The first kappa shape index (κ1) is 20.9. The van der Waals surface area contributed by atoms with Crippen LogP contribution >= 0.6 is 11.8 Å². The van der Waals surface area contributed by atoms with Gasteiger partial charge in [0.2, 0.25) is 17.7 Å². The Kier molecular flexibility index (Phi) is 6.06. The van der Waals surface area contributed by atoms with E-state index in [1.807, 2.05) is 0 Å². The lowest BCUT2D eigenvalue weighted by Gasteiger charge is -2.14. The molecule has 1 aliphatic rings. The van der Waals surface area contributed by atoms with Crippen LogP contribution in [-0.4, -0.2) is 38.6 Å². The van der Waals surface area contributed by atoms with Crippen LogP contribution in [0.15, 0.2) is 48.5 Å². The highest BCUT2D eigenvalue weighted by Crippen LogP contribution is 2.30. The number of non-ortho nitro benzene ring substituents is 2. The molecule has 1 unspecified atom stereocenters. The average Bonchev–Trinajstić information content (AvgIpc) is 3.00. The molecule has 1 saturated heterocycles. The number of benzene rings is 2. The molecule has 2 aromatic rings. The molecule has 1 fully saturated rings. The molecular weight excluding hydrogens is 416 g/mol. The van der Waals surface area contributed by atoms with Gasteiger partial charge in [0.1, 0.15) is 0 Å². The molecule has 3 amide bonds. The van der Waals surface area contributed by atoms with Gasteiger partial charge in [0.15, 0.2) is 0 Å². The smallest absolute Gasteiger partial charge is 0.269 e. The zero-order valence-electron chi connectivity index (χ0n) is 15.2. The van der Waals surface area contributed by atoms with Crippen molar-refractivity contribution in [2.75, 3.05) is 16.0 Å². The van der Waals surface area contributed by atoms with Crippen LogP contribution in [-0.2, 0) is 14.4 Å². The average molecular weight is 430 g/mol. The largest absolute Gasteiger partial charge is 0.325 e. The van der Waals surface area contributed by atoms with Crippen molar-refractivity contribution in [3.8, 4) is 0 Å². The van der Waals surface area contributed by atoms with Crippen LogP contribution in [0, 0.1) is 20.2 Å². The number of hydrogen-bond acceptors (Lipinski definition) is 8. The Bertz CT molecular complexity index is 1020. The van der Waals surface area contributed by atoms with Gasteiger partial charge in [-0.25, -0.2) is 4.90 Å². The van der Waals surface area contributed by atoms with Gasteiger partial charge in [0, 0.05) is 36.4 Å². The van der Waals surface area contributed by atoms with Crippen LogP contribution in [0.5, 0.6) is 0 Å². The van der Waals surface area contributed by atoms with Gasteiger partial charge in [-0.3, -0.25) is 34.6 Å². The Morgan fingerprint density at radius 2 is 1.53 bits per heavy atom. The number of nitro benzene ring substituents is 2. The third kappa shape index (κ3) is 4.60. The highest BCUT2D eigenvalue weighted by Gasteiger charge is 2.40. The van der Waals surface area contributed by atoms with Crippen LogP contribution in [0.25, 0.3) is 0 Å². The molecule has 11 nitrogen and oxygen atoms in total. The lowest BCUT2D eigenvalue weighted by molar-refractivity contribution is -0.385. The number of thioether (sulfide) groups is 1. The van der Waals surface area contributed by atoms with Crippen molar-refractivity contribution >= 4 is 52.2 Å². The number of amides is 3. The second kappa shape index (κ2) is 8.69. The molecule has 0 bridgehead atoms. The number of carbonyl (C=O) groups is 3. The third-order valence-electron chi connectivity index (χ3n) is 4.20. The van der Waals surface area contributed by atoms with E-state index in [-0.39, 0.29) is 29.2 Å². The van der Waals surface area contributed by atoms with E-state index in [0.717, 1.165) is 16.7 Å². The maximum atomic E-state index is 12.6. The van der Waals surface area contributed by atoms with Crippen LogP contribution < -0.4 is 10.2 Å². The van der Waals surface area contributed by atoms with Crippen LogP contribution in [0.2, 0.25) is 0 Å². The lowest BCUT2D eigenvalue weighted by Crippen LogP contribution is -2.31. The summed E-state index contributed by atoms with van der Waals surface area (Å²) in [6, 6.07) is 10.3. The molecule has 0 aromatic heterocycles. The number of nitro groups is 2. The monoisotopic (exact) mass is 430 g/mol. The Balaban J connectivity index is 1.57. The van der Waals surface area contributed by atoms with Crippen molar-refractivity contribution in [2.24, 2.45) is 0 Å². The first-order chi connectivity index (χ1) is 14.3. The number of carbonyl (C=O) groups excluding carboxylic acids is 3. The summed E-state index contributed by atoms with van der Waals surface area (Å²) in [5.41, 5.74) is 0.331. The fourth-order valence-corrected chi connectivity index (χ4v) is 3.70. The number of rotatable bonds is 7. The van der Waals surface area contributed by atoms with Gasteiger partial charge in [-0.2, -0.15) is 0 Å². The van der Waals surface area contributed by atoms with Gasteiger partial charge in [-0.1, -0.05) is 0 Å². The van der Waals surface area contributed by atoms with Gasteiger partial charge in [-0.05, 0) is 24.3 Å². The van der Waals surface area contributed by atoms with Crippen LogP contribution in [0.4, 0.5) is 22.7 Å². The van der Waals surface area contributed by atoms with E-state index in [1.165, 1.54) is 48.5 Å². The molecule has 1 heterocycles. The predicted molar refractivity (Wildman–Crippen MR) is 108 cm³/mol. The maximum Gasteiger partial charge on any atom is 0.269 e. The zero-order chi connectivity index (χ0) is 21.8. The van der Waals surface area contributed by atoms with E-state index < -0.39 is 32.8 Å². The first-order valence-corrected chi connectivity index (χ1v) is 9.58. The molecule has 0 aliphatic carbocycles. The maximum absolute atomic E-state index is 12.6. The number of nitrogens with zero attached hydrogens (tertiary/aromatic N) is 3. The lowest BCUT2D eigenvalue weighted by atomic mass is 10.2. The highest BCUT2D eigenvalue weighted by molar-refractivity contribution is 8.01. The van der Waals surface area contributed by atoms with Gasteiger partial charge >= 0.3 is 0 Å². The minimum absolute atomic E-state index is 0.0920. The zero-order valence-corrected chi connectivity index (χ0v) is 16.0. The van der Waals surface area contributed by atoms with Crippen LogP contribution in [0.1, 0.15) is 6.42 Å². The van der Waals surface area contributed by atoms with Crippen molar-refractivity contribution in [1.82, 2.24) is 0 Å². The molecule has 154 valence electrons. The second-order valence-corrected chi connectivity index (χ2v) is 7.39. The Morgan fingerprint density at radius 1 is 1.00 bits per heavy atom. The molecular formula is C18H14N4O7S. The van der Waals surface area contributed by atoms with E-state index in [9.17, 15) is 34.6 Å². The summed E-state index contributed by atoms with van der Waals surface area (Å²) < 4.78 is 0. The van der Waals surface area contributed by atoms with Crippen molar-refractivity contribution in [1.29, 1.82) is 0 Å². The minimum atomic E-state index is -0.754. The summed E-state index contributed by atoms with van der Waals surface area (Å²) in [5, 5.41) is 23.2. The molecule has 1 N–H and O–H groups in total. The van der Waals surface area contributed by atoms with E-state index in [4.69, 9.17) is 0 Å². The van der Waals surface area contributed by atoms with Crippen molar-refractivity contribution < 1.29 is 24.2 Å². The number of nitrogens with one attached hydrogen (secondary N) is 1. The molecule has 12 heteroatoms. The summed E-state index contributed by atoms with van der Waals surface area (Å²) in [5.74, 6) is -1.48. The summed E-state index contributed by atoms with van der Waals surface area (Å²) >= 11 is 0.997. The summed E-state index contributed by atoms with van der Waals surface area (Å²) in [4.78, 5) is 58.1. The summed E-state index contributed by atoms with van der Waals surface area (Å²) in [7, 11) is 0. The fourth-order valence-electron chi connectivity index (χ4n) is 2.77. The van der Waals surface area contributed by atoms with Crippen LogP contribution in [0.3, 0.4) is 0 Å². The van der Waals surface area contributed by atoms with Gasteiger partial charge < -0.3 is 5.32 Å². The third-order valence-corrected chi connectivity index (χ3v) is 5.40. The van der Waals surface area contributed by atoms with E-state index >= 15 is 0 Å². The molecule has 0 spiro atoms. The van der Waals surface area contributed by atoms with Crippen molar-refractivity contribution in [2.45, 2.75) is 11.7 Å². The Hall–Kier alpha value is -3.80. The first-order valence-electron chi connectivity index (χ1n) is 8.53. The Morgan fingerprint density at radius 3 is 2.07 bits per heavy atom. The van der Waals surface area contributed by atoms with Crippen molar-refractivity contribution in [3.63, 3.8) is 0 Å². The summed E-state index contributed by atoms with van der Waals surface area (Å²) in [6.45, 7) is 0. The quantitative estimate of drug-likeness (QED) is 0.399. The standard InChI is InChI=1S/C18H14N4O7S/c23-16(19-11-1-3-13(4-2-11)21(26)27)10-30-15-9-17(24)20(18(15)25)12-5-7-14(8-6-12)22(28)29/h1-8,15H,9-10H2,(H,19,23). The van der Waals surface area contributed by atoms with Gasteiger partial charge in [0.05, 0.1) is 26.5 Å². The Labute approximate surface area is 173 Å². The second-order valence-electron chi connectivity index (χ2n) is 6.20. The molecule has 2 aromatic carbocycles. The van der Waals surface area contributed by atoms with Gasteiger partial charge in [-0.15, -0.1) is 11.8 Å². The number of anilines is 2. The number of hydrogen-bond donors (Lipinski definition) is 1. The fraction of sp³-hybridized carbons (Fsp3) is 0.167. The molecule has 0 saturated carbocycles. The van der Waals surface area contributed by atoms with E-state index in [0.29, 0.717) is 5.69 Å². The SMILES string of the molecule is O=C(CSC1CC(=O)N(c2ccc([N+](=O)[O-])cc2)C1=O)Nc1ccc([N+](=O)[O-])cc1. The minimum Gasteiger partial charge on any atom is -0.325 e. The molecule has 30 heavy (non-hydrogen) atoms. The molecule has 0 radical (unpaired) electrons. The van der Waals surface area contributed by atoms with Crippen molar-refractivity contribution in [3.05, 3.63) is 68.8 Å². The molecule has 1 atom stereocenters. The van der Waals surface area contributed by atoms with E-state index in [1.54, 1.807) is 0 Å². The molecule has 1 aliphatic heterocycles. The summed E-state index contributed by atoms with van der Waals surface area (Å²) in [6.07, 6.45) is -0.0920. The topological polar surface area (TPSA) is 153 Å². The number of imide groups is 1.